The Labute approximate surface area is 164 Å². The van der Waals surface area contributed by atoms with Gasteiger partial charge < -0.3 is 9.29 Å². The van der Waals surface area contributed by atoms with Gasteiger partial charge in [0.2, 0.25) is 17.4 Å². The zero-order valence-corrected chi connectivity index (χ0v) is 15.7. The fraction of sp³-hybridized carbons (Fsp3) is 0.0667. The molecule has 2 aromatic carbocycles. The van der Waals surface area contributed by atoms with Crippen LogP contribution < -0.4 is 4.74 Å². The largest absolute Gasteiger partial charge is 0.759 e. The van der Waals surface area contributed by atoms with Crippen LogP contribution in [0.4, 0.5) is 30.7 Å². The number of halogens is 7. The highest BCUT2D eigenvalue weighted by atomic mass is 32.3. The van der Waals surface area contributed by atoms with Gasteiger partial charge in [0.05, 0.1) is 0 Å². The summed E-state index contributed by atoms with van der Waals surface area (Å²) in [5, 5.41) is 0. The van der Waals surface area contributed by atoms with E-state index in [0.717, 1.165) is 12.1 Å². The van der Waals surface area contributed by atoms with E-state index >= 15 is 0 Å². The Kier molecular flexibility index (Phi) is 6.21. The Morgan fingerprint density at radius 2 is 1.40 bits per heavy atom. The first-order chi connectivity index (χ1) is 13.6. The average Bonchev–Trinajstić information content (AvgIpc) is 2.62. The molecule has 0 radical (unpaired) electrons. The molecule has 2 aromatic rings. The van der Waals surface area contributed by atoms with Crippen LogP contribution in [0.3, 0.4) is 0 Å². The van der Waals surface area contributed by atoms with Crippen molar-refractivity contribution in [2.45, 2.75) is 10.4 Å². The third-order valence-electron chi connectivity index (χ3n) is 3.27. The number of nitrogens with zero attached hydrogens (tertiary/aromatic N) is 1. The predicted octanol–water partition coefficient (Wildman–Crippen LogP) is 4.49. The fourth-order valence-corrected chi connectivity index (χ4v) is 4.21. The highest BCUT2D eigenvalue weighted by Crippen LogP contribution is 2.36. The minimum atomic E-state index is -6.81. The van der Waals surface area contributed by atoms with E-state index in [1.807, 2.05) is 0 Å². The minimum absolute atomic E-state index is 0.364. The molecular weight excluding hydrogens is 471 g/mol. The first-order valence-corrected chi connectivity index (χ1v) is 10.1. The second kappa shape index (κ2) is 7.88. The Hall–Kier alpha value is -2.65. The van der Waals surface area contributed by atoms with Crippen molar-refractivity contribution in [3.8, 4) is 11.5 Å². The lowest BCUT2D eigenvalue weighted by Gasteiger charge is -2.18. The van der Waals surface area contributed by atoms with Crippen LogP contribution in [0, 0.1) is 23.3 Å². The molecule has 0 aliphatic heterocycles. The van der Waals surface area contributed by atoms with Crippen LogP contribution in [-0.4, -0.2) is 22.7 Å². The maximum Gasteiger partial charge on any atom is 0.519 e. The van der Waals surface area contributed by atoms with Gasteiger partial charge in [-0.05, 0) is 17.7 Å². The molecule has 1 unspecified atom stereocenters. The summed E-state index contributed by atoms with van der Waals surface area (Å²) < 4.78 is 144. The number of sulfonamides is 1. The molecule has 0 saturated carbocycles. The van der Waals surface area contributed by atoms with E-state index in [4.69, 9.17) is 0 Å². The van der Waals surface area contributed by atoms with Crippen molar-refractivity contribution in [3.05, 3.63) is 59.7 Å². The van der Waals surface area contributed by atoms with E-state index in [-0.39, 0.29) is 5.75 Å². The number of ether oxygens (including phenoxy) is 1. The lowest BCUT2D eigenvalue weighted by molar-refractivity contribution is -0.0435. The summed E-state index contributed by atoms with van der Waals surface area (Å²) >= 11 is 0. The van der Waals surface area contributed by atoms with Crippen LogP contribution in [-0.2, 0) is 20.0 Å². The lowest BCUT2D eigenvalue weighted by atomic mass is 10.2. The molecule has 0 saturated heterocycles. The van der Waals surface area contributed by atoms with Gasteiger partial charge in [-0.2, -0.15) is 30.4 Å². The minimum Gasteiger partial charge on any atom is -0.759 e. The standard InChI is InChI=1S/C15H8F7NO5S2/c1-2-7-3-5-8(6-4-7)28-13-9(16)11(18)14(12(19)10(13)17)29(24,25)23-30(26,27)15(20,21)22/h2-6H,1H2,(H,23,24,25)/p-1. The van der Waals surface area contributed by atoms with Crippen LogP contribution in [0.25, 0.3) is 6.08 Å². The van der Waals surface area contributed by atoms with Crippen LogP contribution in [0.15, 0.2) is 39.5 Å². The number of benzene rings is 2. The van der Waals surface area contributed by atoms with E-state index in [9.17, 15) is 47.9 Å². The molecule has 0 amide bonds. The Balaban J connectivity index is 2.68. The van der Waals surface area contributed by atoms with Crippen molar-refractivity contribution in [2.24, 2.45) is 3.77 Å². The monoisotopic (exact) mass is 478 g/mol. The molecule has 2 rings (SSSR count). The van der Waals surface area contributed by atoms with Gasteiger partial charge in [-0.25, -0.2) is 8.78 Å². The number of rotatable bonds is 5. The molecule has 1 atom stereocenters. The molecule has 15 heteroatoms. The van der Waals surface area contributed by atoms with Crippen molar-refractivity contribution in [3.63, 3.8) is 0 Å². The molecule has 0 aromatic heterocycles. The normalized spacial score (nSPS) is 14.1. The molecule has 0 aliphatic carbocycles. The van der Waals surface area contributed by atoms with Crippen LogP contribution >= 0.6 is 0 Å². The average molecular weight is 478 g/mol. The Morgan fingerprint density at radius 3 is 1.80 bits per heavy atom. The van der Waals surface area contributed by atoms with Crippen LogP contribution in [0.5, 0.6) is 11.5 Å². The molecule has 6 nitrogen and oxygen atoms in total. The van der Waals surface area contributed by atoms with E-state index in [2.05, 4.69) is 11.3 Å². The van der Waals surface area contributed by atoms with Gasteiger partial charge in [-0.1, -0.05) is 24.8 Å². The van der Waals surface area contributed by atoms with Gasteiger partial charge >= 0.3 is 15.5 Å². The highest BCUT2D eigenvalue weighted by Gasteiger charge is 2.47. The third-order valence-corrected chi connectivity index (χ3v) is 6.29. The van der Waals surface area contributed by atoms with E-state index < -0.39 is 59.5 Å². The zero-order chi connectivity index (χ0) is 23.1. The fourth-order valence-electron chi connectivity index (χ4n) is 1.91. The summed E-state index contributed by atoms with van der Waals surface area (Å²) in [7, 11) is -13.2. The molecule has 0 fully saturated rings. The second-order valence-corrected chi connectivity index (χ2v) is 8.63. The lowest BCUT2D eigenvalue weighted by Crippen LogP contribution is -2.23. The van der Waals surface area contributed by atoms with Crippen molar-refractivity contribution in [1.82, 2.24) is 0 Å². The SMILES string of the molecule is C=Cc1ccc(Oc2c(F)c(F)c(S(=O)([O-])=NS(=O)(=O)C(F)(F)F)c(F)c2F)cc1. The summed E-state index contributed by atoms with van der Waals surface area (Å²) in [6.07, 6.45) is 1.38. The number of hydrogen-bond donors (Lipinski definition) is 0. The summed E-state index contributed by atoms with van der Waals surface area (Å²) in [4.78, 5) is -2.68. The van der Waals surface area contributed by atoms with Crippen molar-refractivity contribution in [1.29, 1.82) is 0 Å². The van der Waals surface area contributed by atoms with Gasteiger partial charge in [-0.3, -0.25) is 4.21 Å². The smallest absolute Gasteiger partial charge is 0.519 e. The number of hydrogen-bond acceptors (Lipinski definition) is 5. The number of alkyl halides is 3. The second-order valence-electron chi connectivity index (χ2n) is 5.26. The summed E-state index contributed by atoms with van der Waals surface area (Å²) in [6, 6.07) is 4.85. The molecule has 0 aliphatic rings. The first kappa shape index (κ1) is 23.6. The van der Waals surface area contributed by atoms with Crippen LogP contribution in [0.1, 0.15) is 5.56 Å². The third kappa shape index (κ3) is 4.41. The van der Waals surface area contributed by atoms with Crippen molar-refractivity contribution in [2.75, 3.05) is 0 Å². The van der Waals surface area contributed by atoms with Crippen molar-refractivity contribution >= 4 is 26.1 Å². The van der Waals surface area contributed by atoms with Gasteiger partial charge in [0.25, 0.3) is 0 Å². The molecule has 0 N–H and O–H groups in total. The molecule has 164 valence electrons. The van der Waals surface area contributed by atoms with Gasteiger partial charge in [0.1, 0.15) is 10.6 Å². The summed E-state index contributed by atoms with van der Waals surface area (Å²) in [6.45, 7) is 3.43. The Morgan fingerprint density at radius 1 is 0.933 bits per heavy atom. The van der Waals surface area contributed by atoms with Gasteiger partial charge in [-0.15, -0.1) is 3.77 Å². The summed E-state index contributed by atoms with van der Waals surface area (Å²) in [5.41, 5.74) is -5.74. The van der Waals surface area contributed by atoms with E-state index in [1.54, 1.807) is 0 Å². The van der Waals surface area contributed by atoms with Gasteiger partial charge in [0, 0.05) is 10.0 Å². The van der Waals surface area contributed by atoms with E-state index in [0.29, 0.717) is 5.56 Å². The maximum absolute atomic E-state index is 14.1. The quantitative estimate of drug-likeness (QED) is 0.466. The first-order valence-electron chi connectivity index (χ1n) is 7.19. The van der Waals surface area contributed by atoms with E-state index in [1.165, 1.54) is 22.0 Å². The summed E-state index contributed by atoms with van der Waals surface area (Å²) in [5.74, 6) is -12.5. The molecule has 0 heterocycles. The Bertz CT molecular complexity index is 1200. The van der Waals surface area contributed by atoms with Gasteiger partial charge in [0.15, 0.2) is 11.6 Å². The maximum atomic E-state index is 14.1. The van der Waals surface area contributed by atoms with Crippen molar-refractivity contribution < 1.29 is 52.6 Å². The zero-order valence-electron chi connectivity index (χ0n) is 14.0. The molecule has 0 spiro atoms. The topological polar surface area (TPSA) is 95.9 Å². The predicted molar refractivity (Wildman–Crippen MR) is 87.5 cm³/mol. The molecule has 30 heavy (non-hydrogen) atoms. The molecule has 0 bridgehead atoms. The highest BCUT2D eigenvalue weighted by molar-refractivity contribution is 8.01. The van der Waals surface area contributed by atoms with Crippen LogP contribution in [0.2, 0.25) is 0 Å². The molecular formula is C15H7F7NO5S2-.